The molecule has 9 aromatic rings. The topological polar surface area (TPSA) is 51.8 Å². The SMILES string of the molecule is c1ccc2cc3nc(-c4c5ccccc5c(-c5ccnc6c5oc5ccccc56)c5ccccc45)ncc3cc2c1. The van der Waals surface area contributed by atoms with Gasteiger partial charge in [0, 0.05) is 39.9 Å². The zero-order valence-corrected chi connectivity index (χ0v) is 21.9. The van der Waals surface area contributed by atoms with Gasteiger partial charge in [-0.1, -0.05) is 84.9 Å². The van der Waals surface area contributed by atoms with Gasteiger partial charge in [0.2, 0.25) is 0 Å². The molecule has 0 aliphatic heterocycles. The second-order valence-corrected chi connectivity index (χ2v) is 10.4. The molecule has 0 unspecified atom stereocenters. The van der Waals surface area contributed by atoms with Gasteiger partial charge in [-0.25, -0.2) is 9.97 Å². The molecular formula is C37H21N3O. The first-order valence-corrected chi connectivity index (χ1v) is 13.7. The summed E-state index contributed by atoms with van der Waals surface area (Å²) in [7, 11) is 0. The van der Waals surface area contributed by atoms with Gasteiger partial charge in [0.25, 0.3) is 0 Å². The molecule has 190 valence electrons. The van der Waals surface area contributed by atoms with Gasteiger partial charge in [-0.15, -0.1) is 0 Å². The molecule has 6 aromatic carbocycles. The van der Waals surface area contributed by atoms with Crippen LogP contribution in [0.3, 0.4) is 0 Å². The lowest BCUT2D eigenvalue weighted by molar-refractivity contribution is 0.669. The average Bonchev–Trinajstić information content (AvgIpc) is 3.41. The number of pyridine rings is 1. The maximum atomic E-state index is 6.45. The summed E-state index contributed by atoms with van der Waals surface area (Å²) in [4.78, 5) is 14.8. The molecular weight excluding hydrogens is 502 g/mol. The fourth-order valence-corrected chi connectivity index (χ4v) is 6.30. The van der Waals surface area contributed by atoms with Gasteiger partial charge in [-0.05, 0) is 62.6 Å². The normalized spacial score (nSPS) is 11.9. The smallest absolute Gasteiger partial charge is 0.161 e. The Morgan fingerprint density at radius 3 is 1.85 bits per heavy atom. The summed E-state index contributed by atoms with van der Waals surface area (Å²) in [5, 5.41) is 8.85. The maximum Gasteiger partial charge on any atom is 0.161 e. The van der Waals surface area contributed by atoms with Crippen molar-refractivity contribution in [1.82, 2.24) is 15.0 Å². The number of furan rings is 1. The number of hydrogen-bond acceptors (Lipinski definition) is 4. The molecule has 0 saturated heterocycles. The zero-order valence-electron chi connectivity index (χ0n) is 21.9. The van der Waals surface area contributed by atoms with Crippen LogP contribution in [0.5, 0.6) is 0 Å². The highest BCUT2D eigenvalue weighted by Crippen LogP contribution is 2.45. The molecule has 0 aliphatic rings. The molecule has 3 heterocycles. The average molecular weight is 524 g/mol. The standard InChI is InChI=1S/C37H21N3O/c1-2-10-23-20-31-24(19-22(23)9-1)21-39-37(40-31)34-27-13-5-3-11-25(27)33(26-12-4-6-14-28(26)34)30-17-18-38-35-29-15-7-8-16-32(29)41-36(30)35/h1-21H. The van der Waals surface area contributed by atoms with E-state index in [1.165, 1.54) is 10.8 Å². The van der Waals surface area contributed by atoms with Crippen LogP contribution in [0.1, 0.15) is 0 Å². The zero-order chi connectivity index (χ0) is 26.9. The third-order valence-corrected chi connectivity index (χ3v) is 8.13. The monoisotopic (exact) mass is 523 g/mol. The molecule has 0 atom stereocenters. The van der Waals surface area contributed by atoms with Gasteiger partial charge in [0.1, 0.15) is 11.1 Å². The van der Waals surface area contributed by atoms with Crippen molar-refractivity contribution in [3.8, 4) is 22.5 Å². The van der Waals surface area contributed by atoms with Crippen LogP contribution in [0.15, 0.2) is 132 Å². The molecule has 0 amide bonds. The fraction of sp³-hybridized carbons (Fsp3) is 0. The van der Waals surface area contributed by atoms with Gasteiger partial charge in [0.05, 0.1) is 5.52 Å². The quantitative estimate of drug-likeness (QED) is 0.212. The molecule has 0 N–H and O–H groups in total. The Morgan fingerprint density at radius 1 is 0.512 bits per heavy atom. The maximum absolute atomic E-state index is 6.45. The minimum Gasteiger partial charge on any atom is -0.454 e. The largest absolute Gasteiger partial charge is 0.454 e. The van der Waals surface area contributed by atoms with Crippen molar-refractivity contribution >= 4 is 65.3 Å². The summed E-state index contributed by atoms with van der Waals surface area (Å²) >= 11 is 0. The van der Waals surface area contributed by atoms with Crippen LogP contribution in [0.25, 0.3) is 87.8 Å². The van der Waals surface area contributed by atoms with E-state index in [1.54, 1.807) is 0 Å². The minimum atomic E-state index is 0.718. The van der Waals surface area contributed by atoms with E-state index >= 15 is 0 Å². The van der Waals surface area contributed by atoms with Crippen LogP contribution in [0.4, 0.5) is 0 Å². The highest BCUT2D eigenvalue weighted by molar-refractivity contribution is 6.23. The van der Waals surface area contributed by atoms with Gasteiger partial charge in [0.15, 0.2) is 11.4 Å². The molecule has 0 saturated carbocycles. The van der Waals surface area contributed by atoms with Crippen molar-refractivity contribution in [1.29, 1.82) is 0 Å². The summed E-state index contributed by atoms with van der Waals surface area (Å²) in [5.74, 6) is 0.718. The first-order valence-electron chi connectivity index (χ1n) is 13.7. The number of fused-ring (bicyclic) bond motifs is 7. The summed E-state index contributed by atoms with van der Waals surface area (Å²) < 4.78 is 6.45. The Morgan fingerprint density at radius 2 is 1.12 bits per heavy atom. The summed E-state index contributed by atoms with van der Waals surface area (Å²) in [5.41, 5.74) is 6.62. The second kappa shape index (κ2) is 8.44. The van der Waals surface area contributed by atoms with E-state index in [0.29, 0.717) is 0 Å². The van der Waals surface area contributed by atoms with Crippen LogP contribution in [0.2, 0.25) is 0 Å². The van der Waals surface area contributed by atoms with Crippen LogP contribution >= 0.6 is 0 Å². The Bertz CT molecular complexity index is 2440. The van der Waals surface area contributed by atoms with Crippen molar-refractivity contribution in [3.05, 3.63) is 128 Å². The predicted octanol–water partition coefficient (Wildman–Crippen LogP) is 9.72. The van der Waals surface area contributed by atoms with E-state index in [0.717, 1.165) is 77.0 Å². The Labute approximate surface area is 234 Å². The van der Waals surface area contributed by atoms with Gasteiger partial charge in [-0.2, -0.15) is 0 Å². The molecule has 0 radical (unpaired) electrons. The molecule has 41 heavy (non-hydrogen) atoms. The summed E-state index contributed by atoms with van der Waals surface area (Å²) in [6, 6.07) is 39.9. The molecule has 0 bridgehead atoms. The molecule has 3 aromatic heterocycles. The van der Waals surface area contributed by atoms with Crippen molar-refractivity contribution in [2.24, 2.45) is 0 Å². The number of rotatable bonds is 2. The lowest BCUT2D eigenvalue weighted by Crippen LogP contribution is -1.95. The number of aromatic nitrogens is 3. The van der Waals surface area contributed by atoms with E-state index in [1.807, 2.05) is 30.6 Å². The van der Waals surface area contributed by atoms with Crippen molar-refractivity contribution in [2.45, 2.75) is 0 Å². The Balaban J connectivity index is 1.39. The summed E-state index contributed by atoms with van der Waals surface area (Å²) in [6.07, 6.45) is 3.83. The van der Waals surface area contributed by atoms with Gasteiger partial charge < -0.3 is 4.42 Å². The first kappa shape index (κ1) is 22.2. The Kier molecular flexibility index (Phi) is 4.58. The minimum absolute atomic E-state index is 0.718. The lowest BCUT2D eigenvalue weighted by atomic mass is 9.88. The highest BCUT2D eigenvalue weighted by Gasteiger charge is 2.21. The third-order valence-electron chi connectivity index (χ3n) is 8.13. The van der Waals surface area contributed by atoms with E-state index in [-0.39, 0.29) is 0 Å². The van der Waals surface area contributed by atoms with Crippen LogP contribution in [0, 0.1) is 0 Å². The van der Waals surface area contributed by atoms with Crippen molar-refractivity contribution in [3.63, 3.8) is 0 Å². The van der Waals surface area contributed by atoms with E-state index in [2.05, 4.69) is 97.1 Å². The third kappa shape index (κ3) is 3.25. The molecule has 0 spiro atoms. The number of nitrogens with zero attached hydrogens (tertiary/aromatic N) is 3. The molecule has 0 fully saturated rings. The molecule has 4 heteroatoms. The number of para-hydroxylation sites is 1. The molecule has 9 rings (SSSR count). The van der Waals surface area contributed by atoms with Crippen molar-refractivity contribution < 1.29 is 4.42 Å². The van der Waals surface area contributed by atoms with Gasteiger partial charge in [-0.3, -0.25) is 4.98 Å². The number of benzene rings is 6. The molecule has 4 nitrogen and oxygen atoms in total. The second-order valence-electron chi connectivity index (χ2n) is 10.4. The van der Waals surface area contributed by atoms with Crippen LogP contribution < -0.4 is 0 Å². The summed E-state index contributed by atoms with van der Waals surface area (Å²) in [6.45, 7) is 0. The fourth-order valence-electron chi connectivity index (χ4n) is 6.30. The van der Waals surface area contributed by atoms with Crippen molar-refractivity contribution in [2.75, 3.05) is 0 Å². The lowest BCUT2D eigenvalue weighted by Gasteiger charge is -2.17. The number of hydrogen-bond donors (Lipinski definition) is 0. The molecule has 0 aliphatic carbocycles. The first-order chi connectivity index (χ1) is 20.3. The van der Waals surface area contributed by atoms with E-state index in [4.69, 9.17) is 19.4 Å². The van der Waals surface area contributed by atoms with E-state index in [9.17, 15) is 0 Å². The van der Waals surface area contributed by atoms with Gasteiger partial charge >= 0.3 is 0 Å². The predicted molar refractivity (Wildman–Crippen MR) is 168 cm³/mol. The highest BCUT2D eigenvalue weighted by atomic mass is 16.3. The Hall–Kier alpha value is -5.61. The van der Waals surface area contributed by atoms with Crippen LogP contribution in [-0.4, -0.2) is 15.0 Å². The van der Waals surface area contributed by atoms with Crippen LogP contribution in [-0.2, 0) is 0 Å². The van der Waals surface area contributed by atoms with E-state index < -0.39 is 0 Å².